The van der Waals surface area contributed by atoms with E-state index in [1.807, 2.05) is 0 Å². The molecule has 325 valence electrons. The average Bonchev–Trinajstić information content (AvgIpc) is 3.52. The van der Waals surface area contributed by atoms with Gasteiger partial charge in [0.15, 0.2) is 0 Å². The Labute approximate surface area is 396 Å². The van der Waals surface area contributed by atoms with Gasteiger partial charge < -0.3 is 0 Å². The molecule has 1 radical (unpaired) electrons. The quantitative estimate of drug-likeness (QED) is 0.0737. The second kappa shape index (κ2) is 19.8. The van der Waals surface area contributed by atoms with Crippen LogP contribution in [-0.2, 0) is 51.2 Å². The summed E-state index contributed by atoms with van der Waals surface area (Å²) in [4.78, 5) is 5.41. The second-order valence-electron chi connectivity index (χ2n) is 19.5. The zero-order valence-corrected chi connectivity index (χ0v) is 41.0. The third-order valence-electron chi connectivity index (χ3n) is 13.3. The van der Waals surface area contributed by atoms with Crippen molar-refractivity contribution in [1.29, 1.82) is 0 Å². The van der Waals surface area contributed by atoms with Crippen molar-refractivity contribution in [3.8, 4) is 55.8 Å². The SMILES string of the molecule is CC(C)Cc1cc(-c2cccc(CCCCCCc3ccccc3)c2)cc(CC(C)C)c1-c1ccc2nc(-c3[c-]cc4c(c3)C(C)(C)c3ccccc3-4)cc(-c3ccccc3)c2c1.[Ir]. The van der Waals surface area contributed by atoms with Crippen LogP contribution >= 0.6 is 0 Å². The normalized spacial score (nSPS) is 12.7. The monoisotopic (exact) mass is 1010 g/mol. The predicted octanol–water partition coefficient (Wildman–Crippen LogP) is 16.7. The van der Waals surface area contributed by atoms with Crippen LogP contribution in [0.5, 0.6) is 0 Å². The second-order valence-corrected chi connectivity index (χ2v) is 19.5. The number of hydrogen-bond acceptors (Lipinski definition) is 1. The van der Waals surface area contributed by atoms with Gasteiger partial charge in [-0.2, -0.15) is 0 Å². The summed E-state index contributed by atoms with van der Waals surface area (Å²) in [7, 11) is 0. The van der Waals surface area contributed by atoms with E-state index in [0.717, 1.165) is 36.0 Å². The molecule has 0 atom stereocenters. The van der Waals surface area contributed by atoms with Crippen molar-refractivity contribution in [1.82, 2.24) is 4.98 Å². The van der Waals surface area contributed by atoms with Gasteiger partial charge in [-0.05, 0) is 135 Å². The van der Waals surface area contributed by atoms with E-state index in [4.69, 9.17) is 4.98 Å². The van der Waals surface area contributed by atoms with Crippen molar-refractivity contribution in [2.75, 3.05) is 0 Å². The first kappa shape index (κ1) is 45.2. The van der Waals surface area contributed by atoms with Crippen molar-refractivity contribution in [3.63, 3.8) is 0 Å². The molecule has 0 unspecified atom stereocenters. The summed E-state index contributed by atoms with van der Waals surface area (Å²) in [5, 5.41) is 1.18. The minimum atomic E-state index is -0.0910. The molecule has 0 saturated carbocycles. The summed E-state index contributed by atoms with van der Waals surface area (Å²) in [6.07, 6.45) is 9.40. The maximum atomic E-state index is 5.41. The number of fused-ring (bicyclic) bond motifs is 4. The van der Waals surface area contributed by atoms with Crippen LogP contribution < -0.4 is 0 Å². The van der Waals surface area contributed by atoms with Crippen LogP contribution in [0, 0.1) is 17.9 Å². The average molecular weight is 1010 g/mol. The minimum absolute atomic E-state index is 0. The number of pyridine rings is 1. The molecular weight excluding hydrogens is 951 g/mol. The smallest absolute Gasteiger partial charge is 0.0602 e. The van der Waals surface area contributed by atoms with Gasteiger partial charge in [0.1, 0.15) is 0 Å². The summed E-state index contributed by atoms with van der Waals surface area (Å²) in [6, 6.07) is 62.6. The van der Waals surface area contributed by atoms with E-state index in [1.54, 1.807) is 0 Å². The van der Waals surface area contributed by atoms with Crippen molar-refractivity contribution in [3.05, 3.63) is 197 Å². The summed E-state index contributed by atoms with van der Waals surface area (Å²) < 4.78 is 0. The summed E-state index contributed by atoms with van der Waals surface area (Å²) >= 11 is 0. The first-order valence-electron chi connectivity index (χ1n) is 23.6. The molecule has 0 aliphatic heterocycles. The molecule has 0 bridgehead atoms. The zero-order chi connectivity index (χ0) is 43.5. The molecule has 7 aromatic carbocycles. The number of nitrogens with zero attached hydrogens (tertiary/aromatic N) is 1. The van der Waals surface area contributed by atoms with Crippen LogP contribution in [0.2, 0.25) is 0 Å². The van der Waals surface area contributed by atoms with Crippen molar-refractivity contribution in [2.24, 2.45) is 11.8 Å². The maximum absolute atomic E-state index is 5.41. The van der Waals surface area contributed by atoms with Gasteiger partial charge in [0, 0.05) is 25.5 Å². The van der Waals surface area contributed by atoms with Gasteiger partial charge in [0.05, 0.1) is 5.52 Å². The topological polar surface area (TPSA) is 12.9 Å². The molecule has 0 fully saturated rings. The van der Waals surface area contributed by atoms with E-state index in [-0.39, 0.29) is 25.5 Å². The number of benzene rings is 7. The number of rotatable bonds is 15. The summed E-state index contributed by atoms with van der Waals surface area (Å²) in [6.45, 7) is 14.1. The number of aromatic nitrogens is 1. The Hall–Kier alpha value is -5.40. The van der Waals surface area contributed by atoms with Gasteiger partial charge in [-0.3, -0.25) is 4.98 Å². The number of aryl methyl sites for hydroxylation is 2. The van der Waals surface area contributed by atoms with E-state index in [1.165, 1.54) is 115 Å². The molecule has 9 rings (SSSR count). The van der Waals surface area contributed by atoms with Gasteiger partial charge in [-0.1, -0.05) is 199 Å². The molecular formula is C62H62IrN-. The van der Waals surface area contributed by atoms with Crippen LogP contribution in [0.4, 0.5) is 0 Å². The fourth-order valence-corrected chi connectivity index (χ4v) is 10.2. The molecule has 8 aromatic rings. The van der Waals surface area contributed by atoms with Crippen LogP contribution in [0.1, 0.15) is 101 Å². The van der Waals surface area contributed by atoms with E-state index >= 15 is 0 Å². The van der Waals surface area contributed by atoms with Crippen molar-refractivity contribution in [2.45, 2.75) is 98.3 Å². The van der Waals surface area contributed by atoms with Crippen LogP contribution in [0.3, 0.4) is 0 Å². The molecule has 0 amide bonds. The molecule has 2 heteroatoms. The third kappa shape index (κ3) is 9.66. The Morgan fingerprint density at radius 2 is 1.12 bits per heavy atom. The molecule has 1 heterocycles. The largest absolute Gasteiger partial charge is 0.296 e. The molecule has 1 aliphatic carbocycles. The molecule has 1 aliphatic rings. The fourth-order valence-electron chi connectivity index (χ4n) is 10.2. The Morgan fingerprint density at radius 3 is 1.83 bits per heavy atom. The van der Waals surface area contributed by atoms with Gasteiger partial charge in [-0.25, -0.2) is 0 Å². The molecule has 0 spiro atoms. The van der Waals surface area contributed by atoms with E-state index < -0.39 is 0 Å². The van der Waals surface area contributed by atoms with Crippen LogP contribution in [0.25, 0.3) is 66.7 Å². The Balaban J connectivity index is 0.00000560. The Bertz CT molecular complexity index is 2840. The summed E-state index contributed by atoms with van der Waals surface area (Å²) in [5.74, 6) is 1.04. The van der Waals surface area contributed by atoms with E-state index in [9.17, 15) is 0 Å². The van der Waals surface area contributed by atoms with Crippen LogP contribution in [-0.4, -0.2) is 4.98 Å². The molecule has 1 aromatic heterocycles. The van der Waals surface area contributed by atoms with E-state index in [0.29, 0.717) is 11.8 Å². The third-order valence-corrected chi connectivity index (χ3v) is 13.3. The van der Waals surface area contributed by atoms with Gasteiger partial charge >= 0.3 is 0 Å². The first-order chi connectivity index (χ1) is 30.6. The fraction of sp³-hybridized carbons (Fsp3) is 0.274. The Kier molecular flexibility index (Phi) is 14.0. The minimum Gasteiger partial charge on any atom is -0.296 e. The zero-order valence-electron chi connectivity index (χ0n) is 38.6. The summed E-state index contributed by atoms with van der Waals surface area (Å²) in [5.41, 5.74) is 21.7. The Morgan fingerprint density at radius 1 is 0.500 bits per heavy atom. The van der Waals surface area contributed by atoms with Crippen molar-refractivity contribution < 1.29 is 20.1 Å². The maximum Gasteiger partial charge on any atom is 0.0602 e. The van der Waals surface area contributed by atoms with Gasteiger partial charge in [0.2, 0.25) is 0 Å². The molecule has 64 heavy (non-hydrogen) atoms. The van der Waals surface area contributed by atoms with Gasteiger partial charge in [0.25, 0.3) is 0 Å². The van der Waals surface area contributed by atoms with Gasteiger partial charge in [-0.15, -0.1) is 29.3 Å². The van der Waals surface area contributed by atoms with E-state index in [2.05, 4.69) is 205 Å². The number of hydrogen-bond donors (Lipinski definition) is 0. The molecule has 0 saturated heterocycles. The standard InChI is InChI=1S/C62H62N.Ir/c1-42(2)34-51-37-50(47-27-19-24-45(36-47)23-12-8-7-11-20-44-21-13-9-14-22-44)38-52(35-43(3)4)61(51)49-31-33-59-56(39-49)55(46-25-15-10-16-26-46)41-60(63-59)48-30-32-54-53-28-17-18-29-57(53)62(5,6)58(54)40-48;/h9-10,13-19,21-22,24-29,31-33,36-43H,7-8,11-12,20,23,34-35H2,1-6H3;/q-1;. The van der Waals surface area contributed by atoms with Crippen molar-refractivity contribution >= 4 is 10.9 Å². The molecule has 0 N–H and O–H groups in total. The first-order valence-corrected chi connectivity index (χ1v) is 23.6. The van der Waals surface area contributed by atoms with Crippen LogP contribution in [0.15, 0.2) is 158 Å². The number of unbranched alkanes of at least 4 members (excludes halogenated alkanes) is 3. The predicted molar refractivity (Wildman–Crippen MR) is 269 cm³/mol. The molecule has 1 nitrogen and oxygen atoms in total.